The van der Waals surface area contributed by atoms with E-state index in [1.807, 2.05) is 12.1 Å². The highest BCUT2D eigenvalue weighted by Crippen LogP contribution is 2.24. The SMILES string of the molecule is Cc1cc(C#N)ccc1CNC1CCCC(C)C1. The monoisotopic (exact) mass is 242 g/mol. The Morgan fingerprint density at radius 2 is 2.22 bits per heavy atom. The van der Waals surface area contributed by atoms with E-state index in [1.165, 1.54) is 36.8 Å². The molecule has 1 N–H and O–H groups in total. The van der Waals surface area contributed by atoms with Crippen LogP contribution in [0.15, 0.2) is 18.2 Å². The van der Waals surface area contributed by atoms with Gasteiger partial charge in [-0.05, 0) is 48.9 Å². The van der Waals surface area contributed by atoms with Gasteiger partial charge in [0.1, 0.15) is 0 Å². The molecule has 2 rings (SSSR count). The maximum atomic E-state index is 8.85. The van der Waals surface area contributed by atoms with Gasteiger partial charge in [-0.1, -0.05) is 25.8 Å². The van der Waals surface area contributed by atoms with E-state index >= 15 is 0 Å². The molecule has 0 spiro atoms. The summed E-state index contributed by atoms with van der Waals surface area (Å²) in [4.78, 5) is 0. The van der Waals surface area contributed by atoms with Gasteiger partial charge in [-0.25, -0.2) is 0 Å². The lowest BCUT2D eigenvalue weighted by Gasteiger charge is -2.27. The first-order chi connectivity index (χ1) is 8.69. The number of benzene rings is 1. The zero-order valence-corrected chi connectivity index (χ0v) is 11.4. The molecule has 1 aromatic carbocycles. The number of hydrogen-bond acceptors (Lipinski definition) is 2. The summed E-state index contributed by atoms with van der Waals surface area (Å²) in [6, 6.07) is 8.82. The lowest BCUT2D eigenvalue weighted by atomic mass is 9.87. The smallest absolute Gasteiger partial charge is 0.0991 e. The Bertz CT molecular complexity index is 445. The molecule has 1 aromatic rings. The molecule has 1 aliphatic carbocycles. The molecule has 0 amide bonds. The molecule has 1 aliphatic rings. The fourth-order valence-electron chi connectivity index (χ4n) is 2.84. The Hall–Kier alpha value is -1.33. The van der Waals surface area contributed by atoms with Crippen molar-refractivity contribution in [3.8, 4) is 6.07 Å². The van der Waals surface area contributed by atoms with Crippen molar-refractivity contribution < 1.29 is 0 Å². The molecule has 2 atom stereocenters. The number of nitrogens with zero attached hydrogens (tertiary/aromatic N) is 1. The minimum Gasteiger partial charge on any atom is -0.310 e. The first-order valence-electron chi connectivity index (χ1n) is 6.92. The van der Waals surface area contributed by atoms with E-state index in [0.29, 0.717) is 6.04 Å². The first-order valence-corrected chi connectivity index (χ1v) is 6.92. The molecule has 0 heterocycles. The molecule has 2 unspecified atom stereocenters. The highest BCUT2D eigenvalue weighted by molar-refractivity contribution is 5.37. The Labute approximate surface area is 110 Å². The van der Waals surface area contributed by atoms with Crippen LogP contribution in [-0.4, -0.2) is 6.04 Å². The van der Waals surface area contributed by atoms with Crippen LogP contribution in [-0.2, 0) is 6.54 Å². The minimum absolute atomic E-state index is 0.670. The summed E-state index contributed by atoms with van der Waals surface area (Å²) in [6.45, 7) is 5.36. The Morgan fingerprint density at radius 1 is 1.39 bits per heavy atom. The van der Waals surface area contributed by atoms with Gasteiger partial charge in [-0.15, -0.1) is 0 Å². The van der Waals surface area contributed by atoms with E-state index in [4.69, 9.17) is 5.26 Å². The highest BCUT2D eigenvalue weighted by Gasteiger charge is 2.18. The Balaban J connectivity index is 1.92. The van der Waals surface area contributed by atoms with Crippen LogP contribution in [0.1, 0.15) is 49.3 Å². The molecule has 0 saturated heterocycles. The normalized spacial score (nSPS) is 23.6. The van der Waals surface area contributed by atoms with Crippen molar-refractivity contribution in [1.82, 2.24) is 5.32 Å². The van der Waals surface area contributed by atoms with E-state index in [0.717, 1.165) is 18.0 Å². The van der Waals surface area contributed by atoms with Crippen LogP contribution in [0.5, 0.6) is 0 Å². The zero-order valence-electron chi connectivity index (χ0n) is 11.4. The van der Waals surface area contributed by atoms with Gasteiger partial charge in [0, 0.05) is 12.6 Å². The summed E-state index contributed by atoms with van der Waals surface area (Å²) in [5.74, 6) is 0.860. The number of rotatable bonds is 3. The van der Waals surface area contributed by atoms with E-state index in [9.17, 15) is 0 Å². The second-order valence-corrected chi connectivity index (χ2v) is 5.60. The van der Waals surface area contributed by atoms with Crippen LogP contribution in [0.3, 0.4) is 0 Å². The molecule has 0 bridgehead atoms. The van der Waals surface area contributed by atoms with Crippen molar-refractivity contribution in [1.29, 1.82) is 5.26 Å². The largest absolute Gasteiger partial charge is 0.310 e. The van der Waals surface area contributed by atoms with Crippen LogP contribution < -0.4 is 5.32 Å². The van der Waals surface area contributed by atoms with Gasteiger partial charge in [0.2, 0.25) is 0 Å². The molecule has 0 radical (unpaired) electrons. The van der Waals surface area contributed by atoms with Crippen molar-refractivity contribution >= 4 is 0 Å². The third kappa shape index (κ3) is 3.34. The van der Waals surface area contributed by atoms with Gasteiger partial charge in [-0.2, -0.15) is 5.26 Å². The fourth-order valence-corrected chi connectivity index (χ4v) is 2.84. The fraction of sp³-hybridized carbons (Fsp3) is 0.562. The summed E-state index contributed by atoms with van der Waals surface area (Å²) >= 11 is 0. The highest BCUT2D eigenvalue weighted by atomic mass is 14.9. The lowest BCUT2D eigenvalue weighted by molar-refractivity contribution is 0.300. The van der Waals surface area contributed by atoms with Crippen molar-refractivity contribution in [3.05, 3.63) is 34.9 Å². The molecular weight excluding hydrogens is 220 g/mol. The van der Waals surface area contributed by atoms with E-state index in [-0.39, 0.29) is 0 Å². The molecule has 96 valence electrons. The Kier molecular flexibility index (Phi) is 4.38. The molecular formula is C16H22N2. The Morgan fingerprint density at radius 3 is 2.89 bits per heavy atom. The lowest BCUT2D eigenvalue weighted by Crippen LogP contribution is -2.33. The van der Waals surface area contributed by atoms with Crippen LogP contribution in [0.4, 0.5) is 0 Å². The van der Waals surface area contributed by atoms with Crippen molar-refractivity contribution in [2.24, 2.45) is 5.92 Å². The predicted octanol–water partition coefficient (Wildman–Crippen LogP) is 3.54. The van der Waals surface area contributed by atoms with Crippen molar-refractivity contribution in [3.63, 3.8) is 0 Å². The van der Waals surface area contributed by atoms with Crippen molar-refractivity contribution in [2.75, 3.05) is 0 Å². The summed E-state index contributed by atoms with van der Waals surface area (Å²) < 4.78 is 0. The van der Waals surface area contributed by atoms with Crippen LogP contribution in [0.25, 0.3) is 0 Å². The summed E-state index contributed by atoms with van der Waals surface area (Å²) in [5, 5.41) is 12.5. The first kappa shape index (κ1) is 13.1. The average molecular weight is 242 g/mol. The number of hydrogen-bond donors (Lipinski definition) is 1. The number of nitrogens with one attached hydrogen (secondary N) is 1. The molecule has 2 nitrogen and oxygen atoms in total. The molecule has 2 heteroatoms. The molecule has 0 aliphatic heterocycles. The number of aryl methyl sites for hydroxylation is 1. The molecule has 18 heavy (non-hydrogen) atoms. The van der Waals surface area contributed by atoms with Gasteiger partial charge < -0.3 is 5.32 Å². The zero-order chi connectivity index (χ0) is 13.0. The topological polar surface area (TPSA) is 35.8 Å². The second kappa shape index (κ2) is 6.02. The molecule has 0 aromatic heterocycles. The van der Waals surface area contributed by atoms with Gasteiger partial charge in [0.15, 0.2) is 0 Å². The third-order valence-electron chi connectivity index (χ3n) is 3.99. The standard InChI is InChI=1S/C16H22N2/c1-12-4-3-5-16(8-12)18-11-15-7-6-14(10-17)9-13(15)2/h6-7,9,12,16,18H,3-5,8,11H2,1-2H3. The van der Waals surface area contributed by atoms with Crippen LogP contribution >= 0.6 is 0 Å². The van der Waals surface area contributed by atoms with Gasteiger partial charge in [0.05, 0.1) is 11.6 Å². The van der Waals surface area contributed by atoms with E-state index < -0.39 is 0 Å². The van der Waals surface area contributed by atoms with Gasteiger partial charge >= 0.3 is 0 Å². The summed E-state index contributed by atoms with van der Waals surface area (Å²) in [5.41, 5.74) is 3.28. The van der Waals surface area contributed by atoms with E-state index in [2.05, 4.69) is 31.3 Å². The maximum absolute atomic E-state index is 8.85. The summed E-state index contributed by atoms with van der Waals surface area (Å²) in [7, 11) is 0. The molecule has 1 fully saturated rings. The van der Waals surface area contributed by atoms with Gasteiger partial charge in [0.25, 0.3) is 0 Å². The minimum atomic E-state index is 0.670. The third-order valence-corrected chi connectivity index (χ3v) is 3.99. The van der Waals surface area contributed by atoms with Crippen LogP contribution in [0.2, 0.25) is 0 Å². The van der Waals surface area contributed by atoms with Crippen LogP contribution in [0, 0.1) is 24.2 Å². The van der Waals surface area contributed by atoms with Crippen molar-refractivity contribution in [2.45, 2.75) is 52.1 Å². The summed E-state index contributed by atoms with van der Waals surface area (Å²) in [6.07, 6.45) is 5.34. The van der Waals surface area contributed by atoms with Gasteiger partial charge in [-0.3, -0.25) is 0 Å². The quantitative estimate of drug-likeness (QED) is 0.880. The average Bonchev–Trinajstić information content (AvgIpc) is 2.37. The van der Waals surface area contributed by atoms with E-state index in [1.54, 1.807) is 0 Å². The second-order valence-electron chi connectivity index (χ2n) is 5.60. The molecule has 1 saturated carbocycles. The maximum Gasteiger partial charge on any atom is 0.0991 e. The predicted molar refractivity (Wildman–Crippen MR) is 74.2 cm³/mol. The number of nitriles is 1.